The molecule has 0 radical (unpaired) electrons. The fourth-order valence-electron chi connectivity index (χ4n) is 1.92. The molecule has 2 aromatic heterocycles. The van der Waals surface area contributed by atoms with Gasteiger partial charge in [-0.25, -0.2) is 4.98 Å². The Bertz CT molecular complexity index is 737. The molecule has 3 rings (SSSR count). The van der Waals surface area contributed by atoms with Crippen molar-refractivity contribution < 1.29 is 13.2 Å². The molecular formula is C14H9F3N4. The zero-order chi connectivity index (χ0) is 14.9. The van der Waals surface area contributed by atoms with Crippen LogP contribution in [-0.4, -0.2) is 20.0 Å². The molecule has 106 valence electrons. The first-order chi connectivity index (χ1) is 10.1. The van der Waals surface area contributed by atoms with E-state index < -0.39 is 11.7 Å². The summed E-state index contributed by atoms with van der Waals surface area (Å²) in [5.74, 6) is -0.339. The number of nitrogens with zero attached hydrogens (tertiary/aromatic N) is 4. The Morgan fingerprint density at radius 3 is 2.14 bits per heavy atom. The first kappa shape index (κ1) is 13.3. The number of pyridine rings is 1. The molecule has 1 aromatic carbocycles. The van der Waals surface area contributed by atoms with Gasteiger partial charge in [-0.1, -0.05) is 30.3 Å². The van der Waals surface area contributed by atoms with E-state index in [1.54, 1.807) is 24.3 Å². The van der Waals surface area contributed by atoms with Gasteiger partial charge in [0, 0.05) is 5.56 Å². The molecule has 0 N–H and O–H groups in total. The lowest BCUT2D eigenvalue weighted by atomic mass is 10.1. The summed E-state index contributed by atoms with van der Waals surface area (Å²) in [6, 6.07) is 11.3. The zero-order valence-corrected chi connectivity index (χ0v) is 10.6. The van der Waals surface area contributed by atoms with Crippen LogP contribution in [-0.2, 0) is 6.18 Å². The summed E-state index contributed by atoms with van der Waals surface area (Å²) in [5.41, 5.74) is 0.272. The molecule has 0 aliphatic carbocycles. The topological polar surface area (TPSA) is 43.6 Å². The van der Waals surface area contributed by atoms with Crippen molar-refractivity contribution in [3.63, 3.8) is 0 Å². The van der Waals surface area contributed by atoms with E-state index in [0.29, 0.717) is 5.69 Å². The molecule has 0 bridgehead atoms. The van der Waals surface area contributed by atoms with Crippen molar-refractivity contribution in [1.82, 2.24) is 20.0 Å². The highest BCUT2D eigenvalue weighted by molar-refractivity contribution is 5.61. The molecule has 0 aliphatic rings. The molecule has 2 heterocycles. The van der Waals surface area contributed by atoms with Gasteiger partial charge in [0.05, 0.1) is 18.1 Å². The molecule has 7 heteroatoms. The van der Waals surface area contributed by atoms with Gasteiger partial charge < -0.3 is 0 Å². The molecule has 0 spiro atoms. The molecule has 0 unspecified atom stereocenters. The quantitative estimate of drug-likeness (QED) is 0.727. The Kier molecular flexibility index (Phi) is 3.17. The smallest absolute Gasteiger partial charge is 0.226 e. The van der Waals surface area contributed by atoms with Gasteiger partial charge >= 0.3 is 6.18 Å². The molecule has 0 amide bonds. The van der Waals surface area contributed by atoms with E-state index in [0.717, 1.165) is 16.4 Å². The number of hydrogen-bond acceptors (Lipinski definition) is 3. The van der Waals surface area contributed by atoms with Crippen LogP contribution in [0.4, 0.5) is 13.2 Å². The van der Waals surface area contributed by atoms with Crippen LogP contribution in [0.25, 0.3) is 17.1 Å². The van der Waals surface area contributed by atoms with Crippen LogP contribution in [0.5, 0.6) is 0 Å². The number of rotatable bonds is 2. The molecule has 21 heavy (non-hydrogen) atoms. The van der Waals surface area contributed by atoms with Gasteiger partial charge in [-0.05, 0) is 12.1 Å². The predicted molar refractivity (Wildman–Crippen MR) is 69.6 cm³/mol. The van der Waals surface area contributed by atoms with E-state index in [2.05, 4.69) is 15.2 Å². The molecule has 0 aliphatic heterocycles. The van der Waals surface area contributed by atoms with Crippen molar-refractivity contribution in [3.05, 3.63) is 60.4 Å². The maximum atomic E-state index is 13.1. The zero-order valence-electron chi connectivity index (χ0n) is 10.6. The van der Waals surface area contributed by atoms with Crippen LogP contribution in [0.3, 0.4) is 0 Å². The summed E-state index contributed by atoms with van der Waals surface area (Å²) in [6.07, 6.45) is -1.92. The second kappa shape index (κ2) is 5.01. The first-order valence-corrected chi connectivity index (χ1v) is 6.06. The minimum atomic E-state index is -4.52. The van der Waals surface area contributed by atoms with Crippen molar-refractivity contribution in [2.75, 3.05) is 0 Å². The maximum Gasteiger partial charge on any atom is 0.420 e. The summed E-state index contributed by atoms with van der Waals surface area (Å²) in [4.78, 5) is 4.94. The van der Waals surface area contributed by atoms with Gasteiger partial charge in [0.1, 0.15) is 5.56 Å². The number of aromatic nitrogens is 4. The highest BCUT2D eigenvalue weighted by atomic mass is 19.4. The second-order valence-electron chi connectivity index (χ2n) is 4.25. The minimum absolute atomic E-state index is 0.339. The highest BCUT2D eigenvalue weighted by Crippen LogP contribution is 2.33. The Labute approximate surface area is 117 Å². The van der Waals surface area contributed by atoms with E-state index in [1.807, 2.05) is 6.07 Å². The second-order valence-corrected chi connectivity index (χ2v) is 4.25. The monoisotopic (exact) mass is 290 g/mol. The lowest BCUT2D eigenvalue weighted by Crippen LogP contribution is -2.14. The fourth-order valence-corrected chi connectivity index (χ4v) is 1.92. The van der Waals surface area contributed by atoms with Gasteiger partial charge in [-0.3, -0.25) is 0 Å². The van der Waals surface area contributed by atoms with Gasteiger partial charge in [0.2, 0.25) is 0 Å². The number of benzene rings is 1. The normalized spacial score (nSPS) is 11.6. The molecule has 4 nitrogen and oxygen atoms in total. The number of alkyl halides is 3. The highest BCUT2D eigenvalue weighted by Gasteiger charge is 2.35. The molecule has 3 aromatic rings. The third-order valence-corrected chi connectivity index (χ3v) is 2.86. The number of halogens is 3. The molecule has 0 saturated heterocycles. The molecular weight excluding hydrogens is 281 g/mol. The Morgan fingerprint density at radius 2 is 1.52 bits per heavy atom. The minimum Gasteiger partial charge on any atom is -0.226 e. The van der Waals surface area contributed by atoms with Crippen molar-refractivity contribution in [3.8, 4) is 17.1 Å². The molecule has 0 atom stereocenters. The van der Waals surface area contributed by atoms with Crippen molar-refractivity contribution in [2.24, 2.45) is 0 Å². The Balaban J connectivity index is 2.18. The van der Waals surface area contributed by atoms with Crippen LogP contribution in [0.1, 0.15) is 5.56 Å². The lowest BCUT2D eigenvalue weighted by Gasteiger charge is -2.12. The largest absolute Gasteiger partial charge is 0.420 e. The maximum absolute atomic E-state index is 13.1. The fraction of sp³-hybridized carbons (Fsp3) is 0.0714. The third kappa shape index (κ3) is 2.62. The molecule has 0 fully saturated rings. The Hall–Kier alpha value is -2.70. The van der Waals surface area contributed by atoms with Crippen LogP contribution in [0.2, 0.25) is 0 Å². The summed E-state index contributed by atoms with van der Waals surface area (Å²) >= 11 is 0. The van der Waals surface area contributed by atoms with Crippen molar-refractivity contribution in [2.45, 2.75) is 6.18 Å². The van der Waals surface area contributed by atoms with Gasteiger partial charge in [0.15, 0.2) is 5.82 Å². The van der Waals surface area contributed by atoms with Crippen LogP contribution < -0.4 is 0 Å². The SMILES string of the molecule is FC(F)(F)c1ccc(-c2ccccc2)nc1-n1nccn1. The summed E-state index contributed by atoms with van der Waals surface area (Å²) < 4.78 is 39.2. The summed E-state index contributed by atoms with van der Waals surface area (Å²) in [7, 11) is 0. The van der Waals surface area contributed by atoms with Gasteiger partial charge in [-0.2, -0.15) is 23.4 Å². The average molecular weight is 290 g/mol. The average Bonchev–Trinajstić information content (AvgIpc) is 3.01. The van der Waals surface area contributed by atoms with E-state index in [1.165, 1.54) is 18.5 Å². The third-order valence-electron chi connectivity index (χ3n) is 2.86. The summed E-state index contributed by atoms with van der Waals surface area (Å²) in [5, 5.41) is 7.48. The standard InChI is InChI=1S/C14H9F3N4/c15-14(16,17)11-6-7-12(10-4-2-1-3-5-10)20-13(11)21-18-8-9-19-21/h1-9H. The molecule has 0 saturated carbocycles. The van der Waals surface area contributed by atoms with Crippen LogP contribution >= 0.6 is 0 Å². The van der Waals surface area contributed by atoms with E-state index in [-0.39, 0.29) is 5.82 Å². The van der Waals surface area contributed by atoms with Gasteiger partial charge in [-0.15, -0.1) is 4.80 Å². The van der Waals surface area contributed by atoms with Gasteiger partial charge in [0.25, 0.3) is 0 Å². The summed E-state index contributed by atoms with van der Waals surface area (Å²) in [6.45, 7) is 0. The van der Waals surface area contributed by atoms with E-state index in [4.69, 9.17) is 0 Å². The predicted octanol–water partition coefficient (Wildman–Crippen LogP) is 3.35. The first-order valence-electron chi connectivity index (χ1n) is 6.06. The van der Waals surface area contributed by atoms with Crippen LogP contribution in [0.15, 0.2) is 54.9 Å². The number of hydrogen-bond donors (Lipinski definition) is 0. The Morgan fingerprint density at radius 1 is 0.857 bits per heavy atom. The van der Waals surface area contributed by atoms with Crippen molar-refractivity contribution >= 4 is 0 Å². The van der Waals surface area contributed by atoms with E-state index >= 15 is 0 Å². The van der Waals surface area contributed by atoms with Crippen LogP contribution in [0, 0.1) is 0 Å². The van der Waals surface area contributed by atoms with Crippen molar-refractivity contribution in [1.29, 1.82) is 0 Å². The lowest BCUT2D eigenvalue weighted by molar-refractivity contribution is -0.137. The van der Waals surface area contributed by atoms with E-state index in [9.17, 15) is 13.2 Å².